The average molecular weight is 233 g/mol. The van der Waals surface area contributed by atoms with Crippen LogP contribution >= 0.6 is 0 Å². The van der Waals surface area contributed by atoms with Gasteiger partial charge in [0.25, 0.3) is 0 Å². The lowest BCUT2D eigenvalue weighted by Gasteiger charge is -2.22. The molecule has 0 bridgehead atoms. The van der Waals surface area contributed by atoms with Crippen LogP contribution in [-0.4, -0.2) is 26.0 Å². The van der Waals surface area contributed by atoms with Crippen molar-refractivity contribution in [2.24, 2.45) is 0 Å². The maximum Gasteiger partial charge on any atom is 0.188 e. The summed E-state index contributed by atoms with van der Waals surface area (Å²) < 4.78 is 5.25. The van der Waals surface area contributed by atoms with Crippen molar-refractivity contribution in [1.82, 2.24) is 0 Å². The van der Waals surface area contributed by atoms with E-state index in [0.717, 1.165) is 18.8 Å². The zero-order chi connectivity index (χ0) is 12.8. The molecule has 0 aromatic heterocycles. The number of rotatable bonds is 6. The van der Waals surface area contributed by atoms with Crippen molar-refractivity contribution in [1.29, 1.82) is 0 Å². The number of carbonyl (C=O) groups is 1. The Bertz CT molecular complexity index is 409. The van der Waals surface area contributed by atoms with Crippen molar-refractivity contribution in [3.8, 4) is 5.75 Å². The predicted molar refractivity (Wildman–Crippen MR) is 71.1 cm³/mol. The molecule has 0 heterocycles. The van der Waals surface area contributed by atoms with Crippen LogP contribution in [0.4, 0.5) is 5.69 Å². The van der Waals surface area contributed by atoms with E-state index in [1.165, 1.54) is 6.08 Å². The van der Waals surface area contributed by atoms with Crippen molar-refractivity contribution < 1.29 is 9.53 Å². The van der Waals surface area contributed by atoms with Gasteiger partial charge in [-0.05, 0) is 32.1 Å². The summed E-state index contributed by atoms with van der Waals surface area (Å²) in [6.45, 7) is 9.53. The quantitative estimate of drug-likeness (QED) is 0.559. The molecule has 17 heavy (non-hydrogen) atoms. The first kappa shape index (κ1) is 13.3. The Balaban J connectivity index is 3.16. The number of hydrogen-bond donors (Lipinski definition) is 0. The highest BCUT2D eigenvalue weighted by atomic mass is 16.5. The second-order valence-electron chi connectivity index (χ2n) is 3.63. The average Bonchev–Trinajstić information content (AvgIpc) is 2.39. The summed E-state index contributed by atoms with van der Waals surface area (Å²) in [7, 11) is 1.57. The smallest absolute Gasteiger partial charge is 0.188 e. The minimum absolute atomic E-state index is 0.118. The van der Waals surface area contributed by atoms with Crippen molar-refractivity contribution in [2.75, 3.05) is 25.1 Å². The molecule has 0 fully saturated rings. The molecule has 0 aliphatic heterocycles. The van der Waals surface area contributed by atoms with Crippen molar-refractivity contribution in [2.45, 2.75) is 13.8 Å². The van der Waals surface area contributed by atoms with E-state index >= 15 is 0 Å². The number of nitrogens with zero attached hydrogens (tertiary/aromatic N) is 1. The van der Waals surface area contributed by atoms with Gasteiger partial charge < -0.3 is 9.64 Å². The minimum atomic E-state index is -0.118. The lowest BCUT2D eigenvalue weighted by molar-refractivity contribution is 0.104. The van der Waals surface area contributed by atoms with Gasteiger partial charge in [-0.15, -0.1) is 0 Å². The van der Waals surface area contributed by atoms with Crippen LogP contribution in [0.15, 0.2) is 30.9 Å². The summed E-state index contributed by atoms with van der Waals surface area (Å²) in [5.74, 6) is 0.479. The molecule has 0 aliphatic carbocycles. The van der Waals surface area contributed by atoms with Crippen LogP contribution in [0.1, 0.15) is 24.2 Å². The molecule has 0 N–H and O–H groups in total. The monoisotopic (exact) mass is 233 g/mol. The summed E-state index contributed by atoms with van der Waals surface area (Å²) in [5.41, 5.74) is 1.62. The molecule has 0 radical (unpaired) electrons. The maximum atomic E-state index is 11.6. The highest BCUT2D eigenvalue weighted by molar-refractivity contribution is 6.06. The third kappa shape index (κ3) is 2.87. The number of carbonyl (C=O) groups excluding carboxylic acids is 1. The van der Waals surface area contributed by atoms with Gasteiger partial charge in [0.2, 0.25) is 0 Å². The van der Waals surface area contributed by atoms with E-state index in [2.05, 4.69) is 25.3 Å². The fraction of sp³-hybridized carbons (Fsp3) is 0.357. The van der Waals surface area contributed by atoms with Crippen LogP contribution in [0.2, 0.25) is 0 Å². The van der Waals surface area contributed by atoms with E-state index in [4.69, 9.17) is 4.74 Å². The molecular weight excluding hydrogens is 214 g/mol. The molecule has 0 saturated heterocycles. The van der Waals surface area contributed by atoms with E-state index in [1.54, 1.807) is 13.2 Å². The predicted octanol–water partition coefficient (Wildman–Crippen LogP) is 2.91. The molecule has 0 aliphatic rings. The first-order valence-electron chi connectivity index (χ1n) is 5.77. The van der Waals surface area contributed by atoms with Crippen LogP contribution in [0.3, 0.4) is 0 Å². The summed E-state index contributed by atoms with van der Waals surface area (Å²) in [6.07, 6.45) is 1.30. The van der Waals surface area contributed by atoms with Crippen LogP contribution in [0.25, 0.3) is 0 Å². The van der Waals surface area contributed by atoms with Crippen LogP contribution in [0, 0.1) is 0 Å². The Morgan fingerprint density at radius 2 is 2.06 bits per heavy atom. The number of hydrogen-bond acceptors (Lipinski definition) is 3. The normalized spacial score (nSPS) is 9.82. The van der Waals surface area contributed by atoms with E-state index in [-0.39, 0.29) is 5.78 Å². The van der Waals surface area contributed by atoms with Crippen molar-refractivity contribution >= 4 is 11.5 Å². The minimum Gasteiger partial charge on any atom is -0.496 e. The zero-order valence-corrected chi connectivity index (χ0v) is 10.7. The molecule has 0 spiro atoms. The van der Waals surface area contributed by atoms with E-state index < -0.39 is 0 Å². The molecule has 3 heteroatoms. The molecule has 0 unspecified atom stereocenters. The third-order valence-corrected chi connectivity index (χ3v) is 2.76. The Labute approximate surface area is 103 Å². The van der Waals surface area contributed by atoms with Gasteiger partial charge in [-0.1, -0.05) is 6.58 Å². The number of benzene rings is 1. The molecule has 0 atom stereocenters. The molecular formula is C14H19NO2. The number of ketones is 1. The lowest BCUT2D eigenvalue weighted by Crippen LogP contribution is -2.21. The van der Waals surface area contributed by atoms with Gasteiger partial charge in [-0.2, -0.15) is 0 Å². The van der Waals surface area contributed by atoms with E-state index in [1.807, 2.05) is 12.1 Å². The van der Waals surface area contributed by atoms with Crippen molar-refractivity contribution in [3.05, 3.63) is 36.4 Å². The second-order valence-corrected chi connectivity index (χ2v) is 3.63. The summed E-state index contributed by atoms with van der Waals surface area (Å²) in [6, 6.07) is 5.62. The number of methoxy groups -OCH3 is 1. The molecule has 0 amide bonds. The van der Waals surface area contributed by atoms with Gasteiger partial charge in [-0.3, -0.25) is 4.79 Å². The van der Waals surface area contributed by atoms with Crippen LogP contribution in [0.5, 0.6) is 5.75 Å². The first-order chi connectivity index (χ1) is 8.17. The third-order valence-electron chi connectivity index (χ3n) is 2.76. The van der Waals surface area contributed by atoms with Gasteiger partial charge in [0.15, 0.2) is 5.78 Å². The molecule has 0 saturated carbocycles. The largest absolute Gasteiger partial charge is 0.496 e. The van der Waals surface area contributed by atoms with Crippen molar-refractivity contribution in [3.63, 3.8) is 0 Å². The molecule has 1 aromatic carbocycles. The first-order valence-corrected chi connectivity index (χ1v) is 5.77. The molecule has 1 rings (SSSR count). The maximum absolute atomic E-state index is 11.6. The standard InChI is InChI=1S/C14H19NO2/c1-5-13(16)12-9-8-11(10-14(12)17-4)15(6-2)7-3/h5,8-10H,1,6-7H2,2-4H3. The lowest BCUT2D eigenvalue weighted by atomic mass is 10.1. The van der Waals surface area contributed by atoms with Gasteiger partial charge in [0.05, 0.1) is 12.7 Å². The Kier molecular flexibility index (Phi) is 4.76. The van der Waals surface area contributed by atoms with Gasteiger partial charge >= 0.3 is 0 Å². The number of ether oxygens (including phenoxy) is 1. The zero-order valence-electron chi connectivity index (χ0n) is 10.7. The van der Waals surface area contributed by atoms with Crippen LogP contribution in [-0.2, 0) is 0 Å². The molecule has 3 nitrogen and oxygen atoms in total. The Morgan fingerprint density at radius 1 is 1.41 bits per heavy atom. The summed E-state index contributed by atoms with van der Waals surface area (Å²) >= 11 is 0. The van der Waals surface area contributed by atoms with Gasteiger partial charge in [0.1, 0.15) is 5.75 Å². The van der Waals surface area contributed by atoms with Gasteiger partial charge in [0, 0.05) is 24.8 Å². The summed E-state index contributed by atoms with van der Waals surface area (Å²) in [5, 5.41) is 0. The highest BCUT2D eigenvalue weighted by Crippen LogP contribution is 2.26. The molecule has 1 aromatic rings. The number of allylic oxidation sites excluding steroid dienone is 1. The Hall–Kier alpha value is -1.77. The second kappa shape index (κ2) is 6.09. The van der Waals surface area contributed by atoms with E-state index in [0.29, 0.717) is 11.3 Å². The fourth-order valence-electron chi connectivity index (χ4n) is 1.78. The van der Waals surface area contributed by atoms with Gasteiger partial charge in [-0.25, -0.2) is 0 Å². The van der Waals surface area contributed by atoms with E-state index in [9.17, 15) is 4.79 Å². The summed E-state index contributed by atoms with van der Waals surface area (Å²) in [4.78, 5) is 13.8. The fourth-order valence-corrected chi connectivity index (χ4v) is 1.78. The SMILES string of the molecule is C=CC(=O)c1ccc(N(CC)CC)cc1OC. The highest BCUT2D eigenvalue weighted by Gasteiger charge is 2.11. The number of anilines is 1. The van der Waals surface area contributed by atoms with Crippen LogP contribution < -0.4 is 9.64 Å². The molecule has 92 valence electrons. The topological polar surface area (TPSA) is 29.5 Å². The Morgan fingerprint density at radius 3 is 2.53 bits per heavy atom.